The van der Waals surface area contributed by atoms with Gasteiger partial charge < -0.3 is 4.74 Å². The summed E-state index contributed by atoms with van der Waals surface area (Å²) in [5.74, 6) is 0. The van der Waals surface area contributed by atoms with Crippen LogP contribution in [-0.4, -0.2) is 58.0 Å². The molecule has 4 heterocycles. The minimum atomic E-state index is 0.195. The Morgan fingerprint density at radius 3 is 2.59 bits per heavy atom. The van der Waals surface area contributed by atoms with Crippen molar-refractivity contribution in [2.24, 2.45) is 0 Å². The normalized spacial score (nSPS) is 15.2. The standard InChI is InChI=1S/C13H18N4O.C13H15N/c1-15(16-6-8-18-9-7-16)11-12-10-14-17-5-3-2-4-13(12)17;1-13(2,3)12-6-4-5-10-9-14-8-7-11(10)12/h2-5,10H,6-9,11H2,1H3;4-9H,1-3H3. The van der Waals surface area contributed by atoms with E-state index in [0.717, 1.165) is 32.8 Å². The number of morpholine rings is 1. The Hall–Kier alpha value is -2.80. The second-order valence-corrected chi connectivity index (χ2v) is 9.23. The average Bonchev–Trinajstić information content (AvgIpc) is 3.22. The van der Waals surface area contributed by atoms with E-state index in [9.17, 15) is 0 Å². The summed E-state index contributed by atoms with van der Waals surface area (Å²) in [6, 6.07) is 14.7. The molecule has 0 N–H and O–H groups in total. The Kier molecular flexibility index (Phi) is 6.84. The number of aromatic nitrogens is 3. The summed E-state index contributed by atoms with van der Waals surface area (Å²) in [7, 11) is 2.12. The zero-order valence-corrected chi connectivity index (χ0v) is 19.5. The van der Waals surface area contributed by atoms with Gasteiger partial charge in [-0.3, -0.25) is 4.98 Å². The smallest absolute Gasteiger partial charge is 0.0707 e. The molecule has 0 amide bonds. The minimum absolute atomic E-state index is 0.195. The summed E-state index contributed by atoms with van der Waals surface area (Å²) in [4.78, 5) is 4.14. The van der Waals surface area contributed by atoms with Gasteiger partial charge in [0.05, 0.1) is 24.9 Å². The van der Waals surface area contributed by atoms with Crippen molar-refractivity contribution in [3.05, 3.63) is 78.4 Å². The van der Waals surface area contributed by atoms with Crippen molar-refractivity contribution in [3.8, 4) is 0 Å². The Morgan fingerprint density at radius 1 is 1.00 bits per heavy atom. The van der Waals surface area contributed by atoms with Crippen LogP contribution in [0.3, 0.4) is 0 Å². The predicted molar refractivity (Wildman–Crippen MR) is 129 cm³/mol. The maximum absolute atomic E-state index is 5.37. The van der Waals surface area contributed by atoms with Crippen molar-refractivity contribution in [2.45, 2.75) is 32.7 Å². The highest BCUT2D eigenvalue weighted by Gasteiger charge is 2.17. The van der Waals surface area contributed by atoms with E-state index in [1.165, 1.54) is 27.4 Å². The van der Waals surface area contributed by atoms with Crippen LogP contribution >= 0.6 is 0 Å². The lowest BCUT2D eigenvalue weighted by atomic mass is 9.84. The van der Waals surface area contributed by atoms with Gasteiger partial charge in [0.2, 0.25) is 0 Å². The summed E-state index contributed by atoms with van der Waals surface area (Å²) in [6.07, 6.45) is 7.71. The summed E-state index contributed by atoms with van der Waals surface area (Å²) in [5.41, 5.74) is 4.01. The van der Waals surface area contributed by atoms with Crippen LogP contribution in [0.2, 0.25) is 0 Å². The first-order valence-electron chi connectivity index (χ1n) is 11.2. The third-order valence-corrected chi connectivity index (χ3v) is 5.86. The highest BCUT2D eigenvalue weighted by atomic mass is 16.5. The third kappa shape index (κ3) is 5.15. The zero-order valence-electron chi connectivity index (χ0n) is 19.5. The van der Waals surface area contributed by atoms with Gasteiger partial charge in [0.25, 0.3) is 0 Å². The number of ether oxygens (including phenoxy) is 1. The molecule has 168 valence electrons. The summed E-state index contributed by atoms with van der Waals surface area (Å²) >= 11 is 0. The molecule has 5 rings (SSSR count). The molecule has 1 saturated heterocycles. The van der Waals surface area contributed by atoms with Gasteiger partial charge in [0, 0.05) is 56.2 Å². The van der Waals surface area contributed by atoms with Crippen molar-refractivity contribution in [3.63, 3.8) is 0 Å². The van der Waals surface area contributed by atoms with E-state index in [1.807, 2.05) is 35.4 Å². The van der Waals surface area contributed by atoms with Crippen molar-refractivity contribution < 1.29 is 4.74 Å². The van der Waals surface area contributed by atoms with E-state index in [4.69, 9.17) is 4.74 Å². The van der Waals surface area contributed by atoms with Crippen LogP contribution in [0.25, 0.3) is 16.3 Å². The highest BCUT2D eigenvalue weighted by Crippen LogP contribution is 2.29. The van der Waals surface area contributed by atoms with E-state index in [-0.39, 0.29) is 5.41 Å². The molecule has 1 aliphatic heterocycles. The van der Waals surface area contributed by atoms with E-state index in [1.54, 1.807) is 0 Å². The van der Waals surface area contributed by atoms with Crippen LogP contribution in [0, 0.1) is 0 Å². The second kappa shape index (κ2) is 9.77. The largest absolute Gasteiger partial charge is 0.379 e. The van der Waals surface area contributed by atoms with Crippen molar-refractivity contribution >= 4 is 16.3 Å². The number of nitrogens with zero attached hydrogens (tertiary/aromatic N) is 5. The van der Waals surface area contributed by atoms with Gasteiger partial charge in [0.15, 0.2) is 0 Å². The lowest BCUT2D eigenvalue weighted by molar-refractivity contribution is -0.0800. The van der Waals surface area contributed by atoms with Gasteiger partial charge in [-0.15, -0.1) is 0 Å². The molecule has 0 spiro atoms. The zero-order chi connectivity index (χ0) is 22.6. The minimum Gasteiger partial charge on any atom is -0.379 e. The number of benzene rings is 1. The molecular formula is C26H33N5O. The maximum atomic E-state index is 5.37. The van der Waals surface area contributed by atoms with Crippen molar-refractivity contribution in [1.82, 2.24) is 24.6 Å². The molecule has 3 aromatic heterocycles. The fourth-order valence-corrected chi connectivity index (χ4v) is 4.13. The lowest BCUT2D eigenvalue weighted by Crippen LogP contribution is -2.46. The Labute approximate surface area is 190 Å². The maximum Gasteiger partial charge on any atom is 0.0707 e. The highest BCUT2D eigenvalue weighted by molar-refractivity contribution is 5.85. The molecule has 6 nitrogen and oxygen atoms in total. The van der Waals surface area contributed by atoms with Crippen LogP contribution in [0.1, 0.15) is 31.9 Å². The van der Waals surface area contributed by atoms with Gasteiger partial charge in [-0.1, -0.05) is 45.0 Å². The Bertz CT molecular complexity index is 1150. The molecule has 1 aromatic carbocycles. The molecule has 0 radical (unpaired) electrons. The molecule has 1 fully saturated rings. The summed E-state index contributed by atoms with van der Waals surface area (Å²) in [6.45, 7) is 11.2. The van der Waals surface area contributed by atoms with E-state index < -0.39 is 0 Å². The van der Waals surface area contributed by atoms with Gasteiger partial charge in [-0.2, -0.15) is 5.10 Å². The number of fused-ring (bicyclic) bond motifs is 2. The Morgan fingerprint density at radius 2 is 1.81 bits per heavy atom. The SMILES string of the molecule is CC(C)(C)c1cccc2cnccc12.CN(Cc1cnn2ccccc12)N1CCOCC1. The second-order valence-electron chi connectivity index (χ2n) is 9.23. The lowest BCUT2D eigenvalue weighted by Gasteiger charge is -2.34. The average molecular weight is 432 g/mol. The molecule has 0 aliphatic carbocycles. The van der Waals surface area contributed by atoms with E-state index in [0.29, 0.717) is 0 Å². The van der Waals surface area contributed by atoms with Crippen LogP contribution in [0.15, 0.2) is 67.3 Å². The van der Waals surface area contributed by atoms with Crippen LogP contribution < -0.4 is 0 Å². The molecule has 4 aromatic rings. The van der Waals surface area contributed by atoms with Gasteiger partial charge >= 0.3 is 0 Å². The van der Waals surface area contributed by atoms with Crippen LogP contribution in [0.4, 0.5) is 0 Å². The van der Waals surface area contributed by atoms with E-state index >= 15 is 0 Å². The first-order chi connectivity index (χ1) is 15.4. The van der Waals surface area contributed by atoms with Gasteiger partial charge in [-0.25, -0.2) is 14.5 Å². The van der Waals surface area contributed by atoms with E-state index in [2.05, 4.69) is 84.3 Å². The molecular weight excluding hydrogens is 398 g/mol. The molecule has 6 heteroatoms. The van der Waals surface area contributed by atoms with Crippen molar-refractivity contribution in [2.75, 3.05) is 33.4 Å². The number of hydrogen-bond acceptors (Lipinski definition) is 5. The van der Waals surface area contributed by atoms with Crippen LogP contribution in [0.5, 0.6) is 0 Å². The molecule has 1 aliphatic rings. The summed E-state index contributed by atoms with van der Waals surface area (Å²) < 4.78 is 7.29. The van der Waals surface area contributed by atoms with Crippen LogP contribution in [-0.2, 0) is 16.7 Å². The predicted octanol–water partition coefficient (Wildman–Crippen LogP) is 4.55. The topological polar surface area (TPSA) is 45.9 Å². The monoisotopic (exact) mass is 431 g/mol. The molecule has 0 atom stereocenters. The number of hydrazine groups is 1. The molecule has 0 unspecified atom stereocenters. The van der Waals surface area contributed by atoms with Gasteiger partial charge in [0.1, 0.15) is 0 Å². The molecule has 0 saturated carbocycles. The molecule has 0 bridgehead atoms. The first-order valence-corrected chi connectivity index (χ1v) is 11.2. The van der Waals surface area contributed by atoms with Gasteiger partial charge in [-0.05, 0) is 34.6 Å². The number of rotatable bonds is 3. The van der Waals surface area contributed by atoms with Crippen molar-refractivity contribution in [1.29, 1.82) is 0 Å². The number of pyridine rings is 2. The summed E-state index contributed by atoms with van der Waals surface area (Å²) in [5, 5.41) is 11.5. The first kappa shape index (κ1) is 22.4. The fraction of sp³-hybridized carbons (Fsp3) is 0.385. The fourth-order valence-electron chi connectivity index (χ4n) is 4.13. The molecule has 32 heavy (non-hydrogen) atoms. The number of hydrogen-bond donors (Lipinski definition) is 0. The Balaban J connectivity index is 0.000000158. The third-order valence-electron chi connectivity index (χ3n) is 5.86. The quantitative estimate of drug-likeness (QED) is 0.476.